The first-order valence-electron chi connectivity index (χ1n) is 6.70. The fraction of sp³-hybridized carbons (Fsp3) is 0.308. The summed E-state index contributed by atoms with van der Waals surface area (Å²) >= 11 is 1.54. The summed E-state index contributed by atoms with van der Waals surface area (Å²) in [5.41, 5.74) is 0.934. The average molecular weight is 317 g/mol. The van der Waals surface area contributed by atoms with Crippen molar-refractivity contribution in [3.05, 3.63) is 42.5 Å². The molecule has 0 atom stereocenters. The molecule has 8 nitrogen and oxygen atoms in total. The number of thioether (sulfide) groups is 1. The molecule has 0 amide bonds. The van der Waals surface area contributed by atoms with Gasteiger partial charge < -0.3 is 9.30 Å². The molecule has 0 aliphatic carbocycles. The number of rotatable bonds is 7. The van der Waals surface area contributed by atoms with Crippen molar-refractivity contribution in [1.29, 1.82) is 0 Å². The number of ether oxygens (including phenoxy) is 1. The minimum absolute atomic E-state index is 0.605. The Balaban J connectivity index is 1.71. The first kappa shape index (κ1) is 14.7. The van der Waals surface area contributed by atoms with Crippen molar-refractivity contribution in [3.63, 3.8) is 0 Å². The van der Waals surface area contributed by atoms with E-state index in [1.165, 1.54) is 0 Å². The van der Waals surface area contributed by atoms with Crippen molar-refractivity contribution in [1.82, 2.24) is 35.0 Å². The SMILES string of the molecule is COCCn1cnnc1SCc1nnnn1-c1ccccc1. The molecule has 0 fully saturated rings. The molecule has 0 bridgehead atoms. The fourth-order valence-corrected chi connectivity index (χ4v) is 2.74. The summed E-state index contributed by atoms with van der Waals surface area (Å²) < 4.78 is 8.75. The maximum atomic E-state index is 5.08. The second kappa shape index (κ2) is 7.14. The van der Waals surface area contributed by atoms with Crippen LogP contribution in [0.1, 0.15) is 5.82 Å². The second-order valence-corrected chi connectivity index (χ2v) is 5.37. The van der Waals surface area contributed by atoms with Crippen LogP contribution in [0.2, 0.25) is 0 Å². The van der Waals surface area contributed by atoms with Gasteiger partial charge in [0.05, 0.1) is 18.0 Å². The van der Waals surface area contributed by atoms with Crippen molar-refractivity contribution < 1.29 is 4.74 Å². The van der Waals surface area contributed by atoms with Crippen LogP contribution in [0, 0.1) is 0 Å². The van der Waals surface area contributed by atoms with E-state index < -0.39 is 0 Å². The molecule has 3 rings (SSSR count). The van der Waals surface area contributed by atoms with Crippen molar-refractivity contribution in [2.45, 2.75) is 17.5 Å². The molecule has 2 aromatic heterocycles. The molecule has 9 heteroatoms. The highest BCUT2D eigenvalue weighted by Gasteiger charge is 2.11. The van der Waals surface area contributed by atoms with Gasteiger partial charge in [0.25, 0.3) is 0 Å². The van der Waals surface area contributed by atoms with E-state index in [0.29, 0.717) is 12.4 Å². The summed E-state index contributed by atoms with van der Waals surface area (Å²) in [5.74, 6) is 1.37. The zero-order chi connectivity index (χ0) is 15.2. The molecule has 0 aliphatic heterocycles. The van der Waals surface area contributed by atoms with Crippen molar-refractivity contribution >= 4 is 11.8 Å². The van der Waals surface area contributed by atoms with E-state index in [9.17, 15) is 0 Å². The smallest absolute Gasteiger partial charge is 0.191 e. The number of hydrogen-bond donors (Lipinski definition) is 0. The quantitative estimate of drug-likeness (QED) is 0.605. The number of benzene rings is 1. The normalized spacial score (nSPS) is 11.0. The van der Waals surface area contributed by atoms with Crippen LogP contribution < -0.4 is 0 Å². The Hall–Kier alpha value is -2.26. The van der Waals surface area contributed by atoms with E-state index in [-0.39, 0.29) is 0 Å². The summed E-state index contributed by atoms with van der Waals surface area (Å²) in [6, 6.07) is 9.79. The first-order valence-corrected chi connectivity index (χ1v) is 7.69. The molecule has 1 aromatic carbocycles. The third-order valence-electron chi connectivity index (χ3n) is 2.98. The predicted molar refractivity (Wildman–Crippen MR) is 80.6 cm³/mol. The Bertz CT molecular complexity index is 712. The van der Waals surface area contributed by atoms with Crippen LogP contribution in [0.15, 0.2) is 41.8 Å². The van der Waals surface area contributed by atoms with Gasteiger partial charge in [-0.25, -0.2) is 0 Å². The number of para-hydroxylation sites is 1. The summed E-state index contributed by atoms with van der Waals surface area (Å²) in [6.07, 6.45) is 1.70. The van der Waals surface area contributed by atoms with Gasteiger partial charge in [-0.15, -0.1) is 15.3 Å². The van der Waals surface area contributed by atoms with Gasteiger partial charge in [0.2, 0.25) is 0 Å². The van der Waals surface area contributed by atoms with Crippen LogP contribution in [0.3, 0.4) is 0 Å². The van der Waals surface area contributed by atoms with E-state index in [1.807, 2.05) is 34.9 Å². The minimum Gasteiger partial charge on any atom is -0.383 e. The Morgan fingerprint density at radius 1 is 1.18 bits per heavy atom. The van der Waals surface area contributed by atoms with Gasteiger partial charge in [-0.05, 0) is 22.6 Å². The fourth-order valence-electron chi connectivity index (χ4n) is 1.89. The maximum absolute atomic E-state index is 5.08. The molecule has 0 aliphatic rings. The Kier molecular flexibility index (Phi) is 4.76. The highest BCUT2D eigenvalue weighted by molar-refractivity contribution is 7.98. The lowest BCUT2D eigenvalue weighted by molar-refractivity contribution is 0.184. The van der Waals surface area contributed by atoms with Crippen LogP contribution >= 0.6 is 11.8 Å². The number of hydrogen-bond acceptors (Lipinski definition) is 7. The van der Waals surface area contributed by atoms with Gasteiger partial charge in [-0.3, -0.25) is 0 Å². The molecule has 0 spiro atoms. The van der Waals surface area contributed by atoms with E-state index in [0.717, 1.165) is 23.2 Å². The molecule has 0 saturated heterocycles. The van der Waals surface area contributed by atoms with Crippen LogP contribution in [0.25, 0.3) is 5.69 Å². The van der Waals surface area contributed by atoms with Crippen LogP contribution in [-0.4, -0.2) is 48.7 Å². The second-order valence-electron chi connectivity index (χ2n) is 4.43. The summed E-state index contributed by atoms with van der Waals surface area (Å²) in [7, 11) is 1.67. The molecule has 3 aromatic rings. The van der Waals surface area contributed by atoms with Crippen molar-refractivity contribution in [2.24, 2.45) is 0 Å². The molecular formula is C13H15N7OS. The standard InChI is InChI=1S/C13H15N7OS/c1-21-8-7-19-10-14-16-13(19)22-9-12-15-17-18-20(12)11-5-3-2-4-6-11/h2-6,10H,7-9H2,1H3. The van der Waals surface area contributed by atoms with Crippen molar-refractivity contribution in [2.75, 3.05) is 13.7 Å². The average Bonchev–Trinajstić information content (AvgIpc) is 3.20. The highest BCUT2D eigenvalue weighted by Crippen LogP contribution is 2.20. The third-order valence-corrected chi connectivity index (χ3v) is 3.96. The van der Waals surface area contributed by atoms with E-state index >= 15 is 0 Å². The van der Waals surface area contributed by atoms with Crippen molar-refractivity contribution in [3.8, 4) is 5.69 Å². The molecule has 0 unspecified atom stereocenters. The Morgan fingerprint density at radius 2 is 2.05 bits per heavy atom. The zero-order valence-electron chi connectivity index (χ0n) is 12.0. The van der Waals surface area contributed by atoms with Gasteiger partial charge in [0.1, 0.15) is 6.33 Å². The summed E-state index contributed by atoms with van der Waals surface area (Å²) in [5, 5.41) is 20.7. The minimum atomic E-state index is 0.605. The lowest BCUT2D eigenvalue weighted by atomic mass is 10.3. The van der Waals surface area contributed by atoms with Gasteiger partial charge in [-0.2, -0.15) is 4.68 Å². The number of nitrogens with zero attached hydrogens (tertiary/aromatic N) is 7. The first-order chi connectivity index (χ1) is 10.9. The maximum Gasteiger partial charge on any atom is 0.191 e. The number of tetrazole rings is 1. The Labute approximate surface area is 131 Å². The lowest BCUT2D eigenvalue weighted by Crippen LogP contribution is -2.05. The molecule has 0 radical (unpaired) electrons. The van der Waals surface area contributed by atoms with Gasteiger partial charge in [0.15, 0.2) is 11.0 Å². The van der Waals surface area contributed by atoms with Gasteiger partial charge in [0, 0.05) is 13.7 Å². The molecule has 0 N–H and O–H groups in total. The molecule has 22 heavy (non-hydrogen) atoms. The third kappa shape index (κ3) is 3.31. The van der Waals surface area contributed by atoms with Crippen LogP contribution in [-0.2, 0) is 17.0 Å². The van der Waals surface area contributed by atoms with Crippen LogP contribution in [0.4, 0.5) is 0 Å². The molecule has 0 saturated carbocycles. The largest absolute Gasteiger partial charge is 0.383 e. The number of methoxy groups -OCH3 is 1. The van der Waals surface area contributed by atoms with E-state index in [1.54, 1.807) is 29.9 Å². The predicted octanol–water partition coefficient (Wildman–Crippen LogP) is 1.19. The molecule has 2 heterocycles. The monoisotopic (exact) mass is 317 g/mol. The van der Waals surface area contributed by atoms with Crippen LogP contribution in [0.5, 0.6) is 0 Å². The molecular weight excluding hydrogens is 302 g/mol. The summed E-state index contributed by atoms with van der Waals surface area (Å²) in [4.78, 5) is 0. The zero-order valence-corrected chi connectivity index (χ0v) is 12.8. The van der Waals surface area contributed by atoms with E-state index in [4.69, 9.17) is 4.74 Å². The highest BCUT2D eigenvalue weighted by atomic mass is 32.2. The van der Waals surface area contributed by atoms with Gasteiger partial charge in [-0.1, -0.05) is 30.0 Å². The summed E-state index contributed by atoms with van der Waals surface area (Å²) in [6.45, 7) is 1.34. The lowest BCUT2D eigenvalue weighted by Gasteiger charge is -2.06. The topological polar surface area (TPSA) is 83.5 Å². The molecule has 114 valence electrons. The van der Waals surface area contributed by atoms with Gasteiger partial charge >= 0.3 is 0 Å². The van der Waals surface area contributed by atoms with E-state index in [2.05, 4.69) is 25.7 Å². The number of aromatic nitrogens is 7. The Morgan fingerprint density at radius 3 is 2.86 bits per heavy atom.